The van der Waals surface area contributed by atoms with Crippen LogP contribution in [0.25, 0.3) is 11.0 Å². The predicted octanol–water partition coefficient (Wildman–Crippen LogP) is 2.42. The van der Waals surface area contributed by atoms with Crippen LogP contribution in [0, 0.1) is 5.92 Å². The normalized spacial score (nSPS) is 20.3. The molecule has 4 rings (SSSR count). The Hall–Kier alpha value is -1.01. The zero-order chi connectivity index (χ0) is 15.8. The number of aromatic nitrogens is 2. The van der Waals surface area contributed by atoms with Crippen LogP contribution in [0.4, 0.5) is 0 Å². The number of aromatic amines is 1. The summed E-state index contributed by atoms with van der Waals surface area (Å²) in [5.41, 5.74) is 3.42. The summed E-state index contributed by atoms with van der Waals surface area (Å²) in [4.78, 5) is 17.7. The molecule has 3 heterocycles. The molecule has 0 spiro atoms. The maximum Gasteiger partial charge on any atom is 0.326 e. The van der Waals surface area contributed by atoms with Crippen LogP contribution >= 0.6 is 24.8 Å². The molecule has 0 aliphatic carbocycles. The number of likely N-dealkylation sites (N-methyl/N-ethyl adjacent to an activating group) is 1. The number of nitrogens with one attached hydrogen (secondary N) is 2. The molecular formula is C18H28Cl2N4O. The van der Waals surface area contributed by atoms with Gasteiger partial charge in [-0.15, -0.1) is 24.8 Å². The van der Waals surface area contributed by atoms with Gasteiger partial charge in [0.2, 0.25) is 0 Å². The van der Waals surface area contributed by atoms with Crippen molar-refractivity contribution in [3.05, 3.63) is 34.2 Å². The molecule has 1 fully saturated rings. The number of H-pyrrole nitrogens is 1. The highest BCUT2D eigenvalue weighted by atomic mass is 35.5. The lowest BCUT2D eigenvalue weighted by molar-refractivity contribution is 0.191. The first-order valence-corrected chi connectivity index (χ1v) is 8.84. The van der Waals surface area contributed by atoms with Gasteiger partial charge in [-0.05, 0) is 69.9 Å². The van der Waals surface area contributed by atoms with E-state index in [4.69, 9.17) is 0 Å². The molecule has 0 bridgehead atoms. The molecule has 2 aromatic rings. The monoisotopic (exact) mass is 386 g/mol. The highest BCUT2D eigenvalue weighted by molar-refractivity contribution is 5.85. The van der Waals surface area contributed by atoms with Crippen molar-refractivity contribution in [2.45, 2.75) is 38.3 Å². The van der Waals surface area contributed by atoms with E-state index in [2.05, 4.69) is 34.4 Å². The zero-order valence-electron chi connectivity index (χ0n) is 14.7. The molecule has 1 aromatic carbocycles. The molecule has 0 amide bonds. The van der Waals surface area contributed by atoms with Crippen molar-refractivity contribution in [2.24, 2.45) is 5.92 Å². The van der Waals surface area contributed by atoms with Crippen LogP contribution in [-0.4, -0.2) is 47.2 Å². The van der Waals surface area contributed by atoms with Crippen LogP contribution in [0.2, 0.25) is 0 Å². The topological polar surface area (TPSA) is 53.1 Å². The number of hydrogen-bond acceptors (Lipinski definition) is 3. The molecular weight excluding hydrogens is 359 g/mol. The molecule has 1 atom stereocenters. The lowest BCUT2D eigenvalue weighted by Crippen LogP contribution is -2.42. The Labute approximate surface area is 161 Å². The quantitative estimate of drug-likeness (QED) is 0.847. The van der Waals surface area contributed by atoms with Gasteiger partial charge >= 0.3 is 5.69 Å². The molecule has 140 valence electrons. The first-order valence-electron chi connectivity index (χ1n) is 8.84. The van der Waals surface area contributed by atoms with Gasteiger partial charge in [-0.3, -0.25) is 4.57 Å². The molecule has 2 N–H and O–H groups in total. The van der Waals surface area contributed by atoms with E-state index >= 15 is 0 Å². The van der Waals surface area contributed by atoms with Crippen LogP contribution in [0.1, 0.15) is 24.8 Å². The average molecular weight is 387 g/mol. The second kappa shape index (κ2) is 8.58. The van der Waals surface area contributed by atoms with E-state index in [1.807, 2.05) is 10.6 Å². The van der Waals surface area contributed by atoms with Gasteiger partial charge < -0.3 is 15.2 Å². The van der Waals surface area contributed by atoms with Crippen molar-refractivity contribution >= 4 is 35.8 Å². The van der Waals surface area contributed by atoms with E-state index in [-0.39, 0.29) is 30.5 Å². The minimum absolute atomic E-state index is 0. The maximum atomic E-state index is 12.2. The molecule has 0 radical (unpaired) electrons. The molecule has 0 unspecified atom stereocenters. The first kappa shape index (κ1) is 20.3. The highest BCUT2D eigenvalue weighted by Crippen LogP contribution is 2.25. The van der Waals surface area contributed by atoms with Gasteiger partial charge in [0.05, 0.1) is 11.0 Å². The summed E-state index contributed by atoms with van der Waals surface area (Å²) in [6.45, 7) is 4.27. The van der Waals surface area contributed by atoms with E-state index in [1.165, 1.54) is 37.9 Å². The highest BCUT2D eigenvalue weighted by Gasteiger charge is 2.26. The van der Waals surface area contributed by atoms with Crippen LogP contribution in [0.5, 0.6) is 0 Å². The Balaban J connectivity index is 0.00000113. The Bertz CT molecular complexity index is 751. The van der Waals surface area contributed by atoms with Gasteiger partial charge in [-0.1, -0.05) is 12.1 Å². The number of halogens is 2. The van der Waals surface area contributed by atoms with Crippen LogP contribution in [0.3, 0.4) is 0 Å². The summed E-state index contributed by atoms with van der Waals surface area (Å²) in [6, 6.07) is 6.63. The zero-order valence-corrected chi connectivity index (χ0v) is 16.3. The summed E-state index contributed by atoms with van der Waals surface area (Å²) in [7, 11) is 2.22. The Morgan fingerprint density at radius 2 is 2.00 bits per heavy atom. The van der Waals surface area contributed by atoms with E-state index in [0.29, 0.717) is 6.04 Å². The number of imidazole rings is 1. The van der Waals surface area contributed by atoms with Gasteiger partial charge in [0, 0.05) is 12.6 Å². The standard InChI is InChI=1S/C18H26N4O.2ClH/c1-21(10-7-13-5-8-19-9-6-13)15-11-14-3-2-4-16-17(14)22(12-15)18(23)20-16;;/h2-4,13,15,19H,5-12H2,1H3,(H,20,23);2*1H/t15-;;/m1../s1. The number of piperidine rings is 1. The smallest absolute Gasteiger partial charge is 0.317 e. The third kappa shape index (κ3) is 4.05. The number of benzene rings is 1. The molecule has 2 aliphatic rings. The average Bonchev–Trinajstić information content (AvgIpc) is 2.91. The van der Waals surface area contributed by atoms with Crippen molar-refractivity contribution in [3.8, 4) is 0 Å². The molecule has 2 aliphatic heterocycles. The summed E-state index contributed by atoms with van der Waals surface area (Å²) >= 11 is 0. The third-order valence-electron chi connectivity index (χ3n) is 5.70. The van der Waals surface area contributed by atoms with Crippen molar-refractivity contribution in [1.29, 1.82) is 0 Å². The van der Waals surface area contributed by atoms with Crippen molar-refractivity contribution in [3.63, 3.8) is 0 Å². The molecule has 1 saturated heterocycles. The van der Waals surface area contributed by atoms with Crippen LogP contribution in [-0.2, 0) is 13.0 Å². The molecule has 25 heavy (non-hydrogen) atoms. The van der Waals surface area contributed by atoms with Crippen molar-refractivity contribution < 1.29 is 0 Å². The van der Waals surface area contributed by atoms with E-state index < -0.39 is 0 Å². The Kier molecular flexibility index (Phi) is 6.97. The molecule has 5 nitrogen and oxygen atoms in total. The van der Waals surface area contributed by atoms with Crippen LogP contribution < -0.4 is 11.0 Å². The third-order valence-corrected chi connectivity index (χ3v) is 5.70. The summed E-state index contributed by atoms with van der Waals surface area (Å²) in [5.74, 6) is 0.858. The SMILES string of the molecule is CN(CCC1CCNCC1)[C@@H]1Cc2cccc3[nH]c(=O)n(c23)C1.Cl.Cl. The lowest BCUT2D eigenvalue weighted by Gasteiger charge is -2.33. The second-order valence-corrected chi connectivity index (χ2v) is 7.17. The minimum Gasteiger partial charge on any atom is -0.317 e. The summed E-state index contributed by atoms with van der Waals surface area (Å²) in [6.07, 6.45) is 4.92. The molecule has 1 aromatic heterocycles. The Morgan fingerprint density at radius 3 is 2.76 bits per heavy atom. The van der Waals surface area contributed by atoms with Gasteiger partial charge in [0.15, 0.2) is 0 Å². The van der Waals surface area contributed by atoms with Gasteiger partial charge in [0.25, 0.3) is 0 Å². The predicted molar refractivity (Wildman–Crippen MR) is 107 cm³/mol. The molecule has 7 heteroatoms. The van der Waals surface area contributed by atoms with Crippen molar-refractivity contribution in [2.75, 3.05) is 26.7 Å². The van der Waals surface area contributed by atoms with Gasteiger partial charge in [-0.25, -0.2) is 4.79 Å². The second-order valence-electron chi connectivity index (χ2n) is 7.17. The fraction of sp³-hybridized carbons (Fsp3) is 0.611. The van der Waals surface area contributed by atoms with Crippen molar-refractivity contribution in [1.82, 2.24) is 19.8 Å². The fourth-order valence-electron chi connectivity index (χ4n) is 4.20. The lowest BCUT2D eigenvalue weighted by atomic mass is 9.93. The van der Waals surface area contributed by atoms with Crippen LogP contribution in [0.15, 0.2) is 23.0 Å². The first-order chi connectivity index (χ1) is 11.2. The largest absolute Gasteiger partial charge is 0.326 e. The number of rotatable bonds is 4. The number of hydrogen-bond donors (Lipinski definition) is 2. The summed E-state index contributed by atoms with van der Waals surface area (Å²) < 4.78 is 1.93. The number of nitrogens with zero attached hydrogens (tertiary/aromatic N) is 2. The van der Waals surface area contributed by atoms with E-state index in [1.54, 1.807) is 0 Å². The van der Waals surface area contributed by atoms with E-state index in [9.17, 15) is 4.79 Å². The number of para-hydroxylation sites is 1. The Morgan fingerprint density at radius 1 is 1.24 bits per heavy atom. The maximum absolute atomic E-state index is 12.2. The minimum atomic E-state index is 0. The molecule has 0 saturated carbocycles. The van der Waals surface area contributed by atoms with Gasteiger partial charge in [0.1, 0.15) is 0 Å². The summed E-state index contributed by atoms with van der Waals surface area (Å²) in [5, 5.41) is 3.44. The van der Waals surface area contributed by atoms with E-state index in [0.717, 1.165) is 36.5 Å². The van der Waals surface area contributed by atoms with Gasteiger partial charge in [-0.2, -0.15) is 0 Å². The fourth-order valence-corrected chi connectivity index (χ4v) is 4.20.